The molecule has 3 rings (SSSR count). The third-order valence-electron chi connectivity index (χ3n) is 3.68. The Morgan fingerprint density at radius 2 is 2.17 bits per heavy atom. The first kappa shape index (κ1) is 15.9. The van der Waals surface area contributed by atoms with Crippen LogP contribution in [0.3, 0.4) is 0 Å². The van der Waals surface area contributed by atoms with Crippen molar-refractivity contribution in [3.8, 4) is 5.69 Å². The lowest BCUT2D eigenvalue weighted by atomic mass is 10.2. The summed E-state index contributed by atoms with van der Waals surface area (Å²) >= 11 is 0. The van der Waals surface area contributed by atoms with Crippen molar-refractivity contribution in [1.29, 1.82) is 0 Å². The van der Waals surface area contributed by atoms with Crippen molar-refractivity contribution in [2.45, 2.75) is 26.8 Å². The molecule has 0 aliphatic heterocycles. The molecule has 124 valence electrons. The average Bonchev–Trinajstić information content (AvgIpc) is 3.00. The summed E-state index contributed by atoms with van der Waals surface area (Å²) in [4.78, 5) is 28.7. The Hall–Kier alpha value is -3.03. The molecule has 8 nitrogen and oxygen atoms in total. The van der Waals surface area contributed by atoms with Gasteiger partial charge in [-0.15, -0.1) is 5.10 Å². The van der Waals surface area contributed by atoms with Gasteiger partial charge in [-0.2, -0.15) is 4.68 Å². The van der Waals surface area contributed by atoms with Gasteiger partial charge in [-0.1, -0.05) is 17.3 Å². The highest BCUT2D eigenvalue weighted by atomic mass is 16.5. The predicted molar refractivity (Wildman–Crippen MR) is 87.0 cm³/mol. The lowest BCUT2D eigenvalue weighted by Crippen LogP contribution is -2.29. The molecule has 0 aliphatic rings. The van der Waals surface area contributed by atoms with Crippen LogP contribution in [0, 0.1) is 6.92 Å². The highest BCUT2D eigenvalue weighted by Gasteiger charge is 2.21. The maximum Gasteiger partial charge on any atom is 0.328 e. The molecule has 0 spiro atoms. The van der Waals surface area contributed by atoms with Crippen molar-refractivity contribution >= 4 is 17.1 Å². The molecule has 0 amide bonds. The first-order chi connectivity index (χ1) is 11.5. The van der Waals surface area contributed by atoms with Crippen LogP contribution in [0.1, 0.15) is 25.5 Å². The highest BCUT2D eigenvalue weighted by Crippen LogP contribution is 2.14. The van der Waals surface area contributed by atoms with Crippen LogP contribution in [-0.2, 0) is 9.53 Å². The number of benzene rings is 1. The van der Waals surface area contributed by atoms with E-state index in [-0.39, 0.29) is 12.1 Å². The van der Waals surface area contributed by atoms with Crippen LogP contribution >= 0.6 is 0 Å². The number of fused-ring (bicyclic) bond motifs is 1. The highest BCUT2D eigenvalue weighted by molar-refractivity contribution is 5.75. The van der Waals surface area contributed by atoms with E-state index in [0.29, 0.717) is 5.65 Å². The Kier molecular flexibility index (Phi) is 4.11. The smallest absolute Gasteiger partial charge is 0.328 e. The summed E-state index contributed by atoms with van der Waals surface area (Å²) in [5.41, 5.74) is 1.84. The van der Waals surface area contributed by atoms with Gasteiger partial charge in [0.25, 0.3) is 5.56 Å². The van der Waals surface area contributed by atoms with Crippen molar-refractivity contribution in [3.05, 3.63) is 46.5 Å². The average molecular weight is 327 g/mol. The van der Waals surface area contributed by atoms with Gasteiger partial charge in [0, 0.05) is 0 Å². The molecule has 24 heavy (non-hydrogen) atoms. The molecular weight excluding hydrogens is 310 g/mol. The quantitative estimate of drug-likeness (QED) is 0.673. The third-order valence-corrected chi connectivity index (χ3v) is 3.68. The summed E-state index contributed by atoms with van der Waals surface area (Å²) in [6, 6.07) is 6.85. The Morgan fingerprint density at radius 3 is 2.88 bits per heavy atom. The zero-order chi connectivity index (χ0) is 17.3. The number of hydrogen-bond acceptors (Lipinski definition) is 6. The predicted octanol–water partition coefficient (Wildman–Crippen LogP) is 1.41. The van der Waals surface area contributed by atoms with Crippen molar-refractivity contribution in [3.63, 3.8) is 0 Å². The Bertz CT molecular complexity index is 960. The SMILES string of the molecule is CCOC(=O)[C@@H](C)n1cnc2c(nnn2-c2cccc(C)c2)c1=O. The number of esters is 1. The Balaban J connectivity index is 2.09. The summed E-state index contributed by atoms with van der Waals surface area (Å²) in [5, 5.41) is 7.96. The molecular formula is C16H17N5O3. The number of rotatable bonds is 4. The zero-order valence-corrected chi connectivity index (χ0v) is 13.6. The Morgan fingerprint density at radius 1 is 1.38 bits per heavy atom. The van der Waals surface area contributed by atoms with Crippen LogP contribution in [0.2, 0.25) is 0 Å². The van der Waals surface area contributed by atoms with Crippen LogP contribution in [-0.4, -0.2) is 37.1 Å². The van der Waals surface area contributed by atoms with Gasteiger partial charge < -0.3 is 4.74 Å². The summed E-state index contributed by atoms with van der Waals surface area (Å²) in [5.74, 6) is -0.494. The van der Waals surface area contributed by atoms with Gasteiger partial charge >= 0.3 is 5.97 Å². The maximum absolute atomic E-state index is 12.6. The Labute approximate surface area is 137 Å². The van der Waals surface area contributed by atoms with Gasteiger partial charge in [0.05, 0.1) is 12.3 Å². The van der Waals surface area contributed by atoms with Gasteiger partial charge in [0.15, 0.2) is 11.2 Å². The number of aryl methyl sites for hydroxylation is 1. The number of carbonyl (C=O) groups is 1. The number of hydrogen-bond donors (Lipinski definition) is 0. The third kappa shape index (κ3) is 2.66. The van der Waals surface area contributed by atoms with Crippen LogP contribution < -0.4 is 5.56 Å². The first-order valence-corrected chi connectivity index (χ1v) is 7.59. The van der Waals surface area contributed by atoms with Crippen molar-refractivity contribution in [2.24, 2.45) is 0 Å². The standard InChI is InChI=1S/C16H17N5O3/c1-4-24-16(23)11(3)20-9-17-14-13(15(20)22)18-19-21(14)12-7-5-6-10(2)8-12/h5-9,11H,4H2,1-3H3/t11-/m1/s1. The van der Waals surface area contributed by atoms with E-state index < -0.39 is 17.6 Å². The number of nitrogens with zero attached hydrogens (tertiary/aromatic N) is 5. The molecule has 1 atom stereocenters. The monoisotopic (exact) mass is 327 g/mol. The fourth-order valence-corrected chi connectivity index (χ4v) is 2.41. The zero-order valence-electron chi connectivity index (χ0n) is 13.6. The van der Waals surface area contributed by atoms with Crippen LogP contribution in [0.15, 0.2) is 35.4 Å². The minimum atomic E-state index is -0.779. The van der Waals surface area contributed by atoms with Gasteiger partial charge in [0.2, 0.25) is 0 Å². The summed E-state index contributed by atoms with van der Waals surface area (Å²) in [7, 11) is 0. The molecule has 2 heterocycles. The van der Waals surface area contributed by atoms with E-state index in [2.05, 4.69) is 15.3 Å². The fraction of sp³-hybridized carbons (Fsp3) is 0.312. The first-order valence-electron chi connectivity index (χ1n) is 7.59. The second kappa shape index (κ2) is 6.23. The molecule has 0 unspecified atom stereocenters. The van der Waals surface area contributed by atoms with E-state index in [4.69, 9.17) is 4.74 Å². The van der Waals surface area contributed by atoms with Gasteiger partial charge in [-0.25, -0.2) is 9.78 Å². The van der Waals surface area contributed by atoms with Gasteiger partial charge in [-0.3, -0.25) is 9.36 Å². The van der Waals surface area contributed by atoms with Crippen LogP contribution in [0.25, 0.3) is 16.9 Å². The summed E-state index contributed by atoms with van der Waals surface area (Å²) in [6.07, 6.45) is 1.32. The molecule has 0 radical (unpaired) electrons. The second-order valence-electron chi connectivity index (χ2n) is 5.40. The normalized spacial score (nSPS) is 12.3. The maximum atomic E-state index is 12.6. The summed E-state index contributed by atoms with van der Waals surface area (Å²) in [6.45, 7) is 5.50. The number of ether oxygens (including phenoxy) is 1. The fourth-order valence-electron chi connectivity index (χ4n) is 2.41. The number of carbonyl (C=O) groups excluding carboxylic acids is 1. The minimum absolute atomic E-state index is 0.107. The van der Waals surface area contributed by atoms with E-state index in [1.165, 1.54) is 15.6 Å². The van der Waals surface area contributed by atoms with E-state index >= 15 is 0 Å². The van der Waals surface area contributed by atoms with Crippen molar-refractivity contribution < 1.29 is 9.53 Å². The molecule has 0 bridgehead atoms. The molecule has 1 aromatic carbocycles. The lowest BCUT2D eigenvalue weighted by molar-refractivity contribution is -0.146. The van der Waals surface area contributed by atoms with Gasteiger partial charge in [0.1, 0.15) is 12.4 Å². The topological polar surface area (TPSA) is 91.9 Å². The van der Waals surface area contributed by atoms with E-state index in [1.54, 1.807) is 13.8 Å². The van der Waals surface area contributed by atoms with Crippen LogP contribution in [0.4, 0.5) is 0 Å². The molecule has 0 fully saturated rings. The molecule has 0 saturated carbocycles. The van der Waals surface area contributed by atoms with Crippen LogP contribution in [0.5, 0.6) is 0 Å². The molecule has 0 saturated heterocycles. The van der Waals surface area contributed by atoms with E-state index in [0.717, 1.165) is 11.3 Å². The van der Waals surface area contributed by atoms with E-state index in [9.17, 15) is 9.59 Å². The number of aromatic nitrogens is 5. The second-order valence-corrected chi connectivity index (χ2v) is 5.40. The molecule has 2 aromatic heterocycles. The largest absolute Gasteiger partial charge is 0.464 e. The van der Waals surface area contributed by atoms with Crippen molar-refractivity contribution in [2.75, 3.05) is 6.61 Å². The van der Waals surface area contributed by atoms with Gasteiger partial charge in [-0.05, 0) is 38.5 Å². The molecule has 0 N–H and O–H groups in total. The molecule has 8 heteroatoms. The summed E-state index contributed by atoms with van der Waals surface area (Å²) < 4.78 is 7.65. The minimum Gasteiger partial charge on any atom is -0.464 e. The lowest BCUT2D eigenvalue weighted by Gasteiger charge is -2.12. The van der Waals surface area contributed by atoms with Crippen molar-refractivity contribution in [1.82, 2.24) is 24.5 Å². The molecule has 0 aliphatic carbocycles. The molecule has 3 aromatic rings. The van der Waals surface area contributed by atoms with E-state index in [1.807, 2.05) is 31.2 Å².